The maximum absolute atomic E-state index is 11.8. The Labute approximate surface area is 111 Å². The monoisotopic (exact) mass is 263 g/mol. The first-order valence-corrected chi connectivity index (χ1v) is 6.36. The fourth-order valence-corrected chi connectivity index (χ4v) is 2.20. The Morgan fingerprint density at radius 2 is 2.22 bits per heavy atom. The van der Waals surface area contributed by atoms with Gasteiger partial charge in [0, 0.05) is 6.04 Å². The number of carbonyl (C=O) groups is 1. The van der Waals surface area contributed by atoms with Crippen LogP contribution in [0.25, 0.3) is 11.0 Å². The van der Waals surface area contributed by atoms with Crippen molar-refractivity contribution in [3.05, 3.63) is 28.5 Å². The van der Waals surface area contributed by atoms with Gasteiger partial charge in [0.15, 0.2) is 4.77 Å². The summed E-state index contributed by atoms with van der Waals surface area (Å²) in [6, 6.07) is 6.17. The lowest BCUT2D eigenvalue weighted by atomic mass is 10.2. The number of nitrogens with zero attached hydrogens (tertiary/aromatic N) is 1. The molecule has 1 aromatic heterocycles. The average Bonchev–Trinajstić information content (AvgIpc) is 2.55. The predicted octanol–water partition coefficient (Wildman–Crippen LogP) is 2.53. The highest BCUT2D eigenvalue weighted by molar-refractivity contribution is 7.71. The Morgan fingerprint density at radius 3 is 2.89 bits per heavy atom. The average molecular weight is 263 g/mol. The minimum Gasteiger partial charge on any atom is -0.352 e. The van der Waals surface area contributed by atoms with Gasteiger partial charge in [-0.1, -0.05) is 6.07 Å². The molecule has 2 rings (SSSR count). The predicted molar refractivity (Wildman–Crippen MR) is 75.1 cm³/mol. The van der Waals surface area contributed by atoms with Crippen molar-refractivity contribution in [3.63, 3.8) is 0 Å². The summed E-state index contributed by atoms with van der Waals surface area (Å²) in [6.07, 6.45) is 0. The van der Waals surface area contributed by atoms with Gasteiger partial charge >= 0.3 is 0 Å². The highest BCUT2D eigenvalue weighted by Crippen LogP contribution is 2.15. The lowest BCUT2D eigenvalue weighted by Crippen LogP contribution is -2.33. The van der Waals surface area contributed by atoms with Crippen LogP contribution < -0.4 is 5.32 Å². The Morgan fingerprint density at radius 1 is 1.50 bits per heavy atom. The number of aromatic nitrogens is 2. The number of hydrogen-bond donors (Lipinski definition) is 2. The number of aryl methyl sites for hydroxylation is 1. The number of rotatable bonds is 3. The van der Waals surface area contributed by atoms with Crippen LogP contribution in [0.5, 0.6) is 0 Å². The molecule has 0 aliphatic heterocycles. The maximum Gasteiger partial charge on any atom is 0.240 e. The van der Waals surface area contributed by atoms with E-state index in [-0.39, 0.29) is 18.5 Å². The Hall–Kier alpha value is -1.62. The number of benzene rings is 1. The van der Waals surface area contributed by atoms with E-state index in [1.807, 2.05) is 43.5 Å². The van der Waals surface area contributed by atoms with Crippen LogP contribution in [0.4, 0.5) is 0 Å². The first kappa shape index (κ1) is 12.8. The van der Waals surface area contributed by atoms with Crippen LogP contribution in [0.2, 0.25) is 0 Å². The SMILES string of the molecule is Cc1ccc2[nH]c(=S)n(CC(=O)NC(C)C)c2c1. The van der Waals surface area contributed by atoms with E-state index in [1.54, 1.807) is 0 Å². The molecular formula is C13H17N3OS. The second-order valence-electron chi connectivity index (χ2n) is 4.76. The van der Waals surface area contributed by atoms with Crippen molar-refractivity contribution in [2.24, 2.45) is 0 Å². The summed E-state index contributed by atoms with van der Waals surface area (Å²) in [7, 11) is 0. The second-order valence-corrected chi connectivity index (χ2v) is 5.15. The van der Waals surface area contributed by atoms with Crippen LogP contribution in [0.1, 0.15) is 19.4 Å². The van der Waals surface area contributed by atoms with Crippen molar-refractivity contribution in [2.45, 2.75) is 33.4 Å². The first-order chi connectivity index (χ1) is 8.47. The molecule has 2 aromatic rings. The van der Waals surface area contributed by atoms with Crippen molar-refractivity contribution in [1.82, 2.24) is 14.9 Å². The fraction of sp³-hybridized carbons (Fsp3) is 0.385. The molecule has 1 aromatic carbocycles. The number of hydrogen-bond acceptors (Lipinski definition) is 2. The minimum atomic E-state index is -0.0245. The smallest absolute Gasteiger partial charge is 0.240 e. The third kappa shape index (κ3) is 2.61. The summed E-state index contributed by atoms with van der Waals surface area (Å²) in [5.74, 6) is -0.0245. The number of amides is 1. The number of carbonyl (C=O) groups excluding carboxylic acids is 1. The van der Waals surface area contributed by atoms with E-state index in [2.05, 4.69) is 10.3 Å². The molecule has 5 heteroatoms. The van der Waals surface area contributed by atoms with Gasteiger partial charge in [0.1, 0.15) is 6.54 Å². The van der Waals surface area contributed by atoms with E-state index in [0.717, 1.165) is 16.6 Å². The number of fused-ring (bicyclic) bond motifs is 1. The van der Waals surface area contributed by atoms with Gasteiger partial charge in [0.25, 0.3) is 0 Å². The number of H-pyrrole nitrogens is 1. The zero-order valence-corrected chi connectivity index (χ0v) is 11.6. The summed E-state index contributed by atoms with van der Waals surface area (Å²) in [4.78, 5) is 14.9. The second kappa shape index (κ2) is 4.94. The number of imidazole rings is 1. The van der Waals surface area contributed by atoms with Crippen molar-refractivity contribution >= 4 is 29.2 Å². The van der Waals surface area contributed by atoms with E-state index >= 15 is 0 Å². The van der Waals surface area contributed by atoms with E-state index in [0.29, 0.717) is 4.77 Å². The van der Waals surface area contributed by atoms with Crippen LogP contribution in [-0.4, -0.2) is 21.5 Å². The standard InChI is InChI=1S/C13H17N3OS/c1-8(2)14-12(17)7-16-11-6-9(3)4-5-10(11)15-13(16)18/h4-6,8H,7H2,1-3H3,(H,14,17)(H,15,18). The lowest BCUT2D eigenvalue weighted by Gasteiger charge is -2.09. The molecule has 0 spiro atoms. The van der Waals surface area contributed by atoms with Gasteiger partial charge in [-0.15, -0.1) is 0 Å². The normalized spacial score (nSPS) is 11.1. The van der Waals surface area contributed by atoms with E-state index in [1.165, 1.54) is 0 Å². The molecule has 1 amide bonds. The molecule has 18 heavy (non-hydrogen) atoms. The Bertz CT molecular complexity index is 639. The highest BCUT2D eigenvalue weighted by atomic mass is 32.1. The Kier molecular flexibility index (Phi) is 3.52. The van der Waals surface area contributed by atoms with Crippen LogP contribution >= 0.6 is 12.2 Å². The number of nitrogens with one attached hydrogen (secondary N) is 2. The molecule has 0 aliphatic rings. The molecule has 0 atom stereocenters. The third-order valence-electron chi connectivity index (χ3n) is 2.68. The summed E-state index contributed by atoms with van der Waals surface area (Å²) < 4.78 is 2.41. The minimum absolute atomic E-state index is 0.0245. The molecule has 0 bridgehead atoms. The summed E-state index contributed by atoms with van der Waals surface area (Å²) in [5.41, 5.74) is 3.08. The van der Waals surface area contributed by atoms with Gasteiger partial charge in [-0.05, 0) is 50.7 Å². The quantitative estimate of drug-likeness (QED) is 0.836. The molecule has 0 saturated carbocycles. The van der Waals surface area contributed by atoms with Gasteiger partial charge in [0.05, 0.1) is 11.0 Å². The van der Waals surface area contributed by atoms with Gasteiger partial charge in [0.2, 0.25) is 5.91 Å². The summed E-state index contributed by atoms with van der Waals surface area (Å²) in [5, 5.41) is 2.87. The fourth-order valence-electron chi connectivity index (χ4n) is 1.93. The molecule has 0 fully saturated rings. The molecular weight excluding hydrogens is 246 g/mol. The van der Waals surface area contributed by atoms with E-state index < -0.39 is 0 Å². The van der Waals surface area contributed by atoms with Crippen molar-refractivity contribution in [3.8, 4) is 0 Å². The molecule has 96 valence electrons. The van der Waals surface area contributed by atoms with E-state index in [4.69, 9.17) is 12.2 Å². The zero-order chi connectivity index (χ0) is 13.3. The molecule has 0 saturated heterocycles. The van der Waals surface area contributed by atoms with Crippen molar-refractivity contribution in [2.75, 3.05) is 0 Å². The molecule has 1 heterocycles. The largest absolute Gasteiger partial charge is 0.352 e. The van der Waals surface area contributed by atoms with Gasteiger partial charge in [-0.3, -0.25) is 4.79 Å². The summed E-state index contributed by atoms with van der Waals surface area (Å²) >= 11 is 5.26. The van der Waals surface area contributed by atoms with Crippen molar-refractivity contribution in [1.29, 1.82) is 0 Å². The zero-order valence-electron chi connectivity index (χ0n) is 10.8. The maximum atomic E-state index is 11.8. The molecule has 0 radical (unpaired) electrons. The van der Waals surface area contributed by atoms with Crippen LogP contribution in [0, 0.1) is 11.7 Å². The van der Waals surface area contributed by atoms with Crippen molar-refractivity contribution < 1.29 is 4.79 Å². The Balaban J connectivity index is 2.38. The van der Waals surface area contributed by atoms with Crippen LogP contribution in [0.3, 0.4) is 0 Å². The molecule has 4 nitrogen and oxygen atoms in total. The molecule has 0 unspecified atom stereocenters. The van der Waals surface area contributed by atoms with Gasteiger partial charge < -0.3 is 14.9 Å². The van der Waals surface area contributed by atoms with Crippen LogP contribution in [-0.2, 0) is 11.3 Å². The molecule has 0 aliphatic carbocycles. The van der Waals surface area contributed by atoms with Crippen LogP contribution in [0.15, 0.2) is 18.2 Å². The number of aromatic amines is 1. The highest BCUT2D eigenvalue weighted by Gasteiger charge is 2.09. The van der Waals surface area contributed by atoms with Gasteiger partial charge in [-0.25, -0.2) is 0 Å². The summed E-state index contributed by atoms with van der Waals surface area (Å²) in [6.45, 7) is 6.15. The third-order valence-corrected chi connectivity index (χ3v) is 3.00. The van der Waals surface area contributed by atoms with Gasteiger partial charge in [-0.2, -0.15) is 0 Å². The topological polar surface area (TPSA) is 49.8 Å². The first-order valence-electron chi connectivity index (χ1n) is 5.96. The lowest BCUT2D eigenvalue weighted by molar-refractivity contribution is -0.122. The van der Waals surface area contributed by atoms with E-state index in [9.17, 15) is 4.79 Å². The molecule has 2 N–H and O–H groups in total.